The lowest BCUT2D eigenvalue weighted by Crippen LogP contribution is -2.31. The van der Waals surface area contributed by atoms with E-state index in [1.807, 2.05) is 55.6 Å². The first-order chi connectivity index (χ1) is 11.6. The van der Waals surface area contributed by atoms with Crippen LogP contribution in [0.3, 0.4) is 0 Å². The van der Waals surface area contributed by atoms with Crippen molar-refractivity contribution in [1.82, 2.24) is 5.32 Å². The highest BCUT2D eigenvalue weighted by molar-refractivity contribution is 7.98. The number of carbonyl (C=O) groups excluding carboxylic acids is 2. The van der Waals surface area contributed by atoms with E-state index in [9.17, 15) is 9.59 Å². The van der Waals surface area contributed by atoms with E-state index in [2.05, 4.69) is 5.32 Å². The van der Waals surface area contributed by atoms with Gasteiger partial charge in [-0.2, -0.15) is 0 Å². The summed E-state index contributed by atoms with van der Waals surface area (Å²) in [7, 11) is 0. The predicted molar refractivity (Wildman–Crippen MR) is 96.4 cm³/mol. The van der Waals surface area contributed by atoms with Crippen LogP contribution in [0.1, 0.15) is 28.8 Å². The van der Waals surface area contributed by atoms with Gasteiger partial charge < -0.3 is 10.1 Å². The maximum atomic E-state index is 12.1. The van der Waals surface area contributed by atoms with Crippen molar-refractivity contribution in [3.05, 3.63) is 65.7 Å². The minimum atomic E-state index is -0.480. The van der Waals surface area contributed by atoms with E-state index in [0.717, 1.165) is 10.5 Å². The molecule has 0 aliphatic rings. The summed E-state index contributed by atoms with van der Waals surface area (Å²) in [5.41, 5.74) is 1.64. The molecular weight excluding hydrogens is 322 g/mol. The van der Waals surface area contributed by atoms with Gasteiger partial charge in [0.15, 0.2) is 6.61 Å². The molecule has 0 aromatic heterocycles. The van der Waals surface area contributed by atoms with Crippen LogP contribution in [0.5, 0.6) is 0 Å². The van der Waals surface area contributed by atoms with E-state index < -0.39 is 5.97 Å². The Kier molecular flexibility index (Phi) is 6.88. The zero-order valence-corrected chi connectivity index (χ0v) is 14.6. The summed E-state index contributed by atoms with van der Waals surface area (Å²) in [6, 6.07) is 17.1. The number of ether oxygens (including phenoxy) is 1. The van der Waals surface area contributed by atoms with Crippen LogP contribution >= 0.6 is 11.8 Å². The first-order valence-electron chi connectivity index (χ1n) is 7.73. The standard InChI is InChI=1S/C19H21NO3S/c1-14(15-8-4-3-5-9-15)12-20-18(21)13-23-19(22)16-10-6-7-11-17(16)24-2/h3-11,14H,12-13H2,1-2H3,(H,20,21)/t14-/m1/s1. The molecule has 1 amide bonds. The summed E-state index contributed by atoms with van der Waals surface area (Å²) in [5, 5.41) is 2.79. The number of hydrogen-bond acceptors (Lipinski definition) is 4. The van der Waals surface area contributed by atoms with Gasteiger partial charge >= 0.3 is 5.97 Å². The van der Waals surface area contributed by atoms with Crippen molar-refractivity contribution in [2.24, 2.45) is 0 Å². The maximum Gasteiger partial charge on any atom is 0.339 e. The third kappa shape index (κ3) is 5.13. The number of nitrogens with one attached hydrogen (secondary N) is 1. The minimum Gasteiger partial charge on any atom is -0.452 e. The van der Waals surface area contributed by atoms with Crippen molar-refractivity contribution in [2.45, 2.75) is 17.7 Å². The average Bonchev–Trinajstić information content (AvgIpc) is 2.64. The molecule has 24 heavy (non-hydrogen) atoms. The highest BCUT2D eigenvalue weighted by Gasteiger charge is 2.14. The molecular formula is C19H21NO3S. The van der Waals surface area contributed by atoms with Crippen LogP contribution < -0.4 is 5.32 Å². The second-order valence-electron chi connectivity index (χ2n) is 5.39. The van der Waals surface area contributed by atoms with Gasteiger partial charge in [0, 0.05) is 11.4 Å². The fourth-order valence-electron chi connectivity index (χ4n) is 2.24. The lowest BCUT2D eigenvalue weighted by atomic mass is 10.0. The molecule has 0 spiro atoms. The average molecular weight is 343 g/mol. The summed E-state index contributed by atoms with van der Waals surface area (Å²) in [5.74, 6) is -0.581. The van der Waals surface area contributed by atoms with Crippen molar-refractivity contribution >= 4 is 23.6 Å². The first-order valence-corrected chi connectivity index (χ1v) is 8.96. The van der Waals surface area contributed by atoms with E-state index >= 15 is 0 Å². The molecule has 5 heteroatoms. The fraction of sp³-hybridized carbons (Fsp3) is 0.263. The van der Waals surface area contributed by atoms with Crippen molar-refractivity contribution in [2.75, 3.05) is 19.4 Å². The van der Waals surface area contributed by atoms with Crippen LogP contribution in [0, 0.1) is 0 Å². The van der Waals surface area contributed by atoms with Gasteiger partial charge in [-0.05, 0) is 29.9 Å². The first kappa shape index (κ1) is 18.1. The Hall–Kier alpha value is -2.27. The largest absolute Gasteiger partial charge is 0.452 e. The molecule has 2 aromatic rings. The van der Waals surface area contributed by atoms with Gasteiger partial charge in [0.2, 0.25) is 0 Å². The molecule has 4 nitrogen and oxygen atoms in total. The Morgan fingerprint density at radius 2 is 1.75 bits per heavy atom. The predicted octanol–water partition coefficient (Wildman–Crippen LogP) is 3.49. The lowest BCUT2D eigenvalue weighted by Gasteiger charge is -2.13. The van der Waals surface area contributed by atoms with Crippen molar-refractivity contribution in [3.63, 3.8) is 0 Å². The SMILES string of the molecule is CSc1ccccc1C(=O)OCC(=O)NC[C@@H](C)c1ccccc1. The summed E-state index contributed by atoms with van der Waals surface area (Å²) < 4.78 is 5.11. The monoisotopic (exact) mass is 343 g/mol. The summed E-state index contributed by atoms with van der Waals surface area (Å²) in [4.78, 5) is 24.8. The second kappa shape index (κ2) is 9.13. The van der Waals surface area contributed by atoms with Crippen LogP contribution in [-0.2, 0) is 9.53 Å². The van der Waals surface area contributed by atoms with Crippen LogP contribution in [0.4, 0.5) is 0 Å². The quantitative estimate of drug-likeness (QED) is 0.618. The molecule has 0 radical (unpaired) electrons. The number of thioether (sulfide) groups is 1. The van der Waals surface area contributed by atoms with Gasteiger partial charge in [-0.1, -0.05) is 49.4 Å². The number of benzene rings is 2. The summed E-state index contributed by atoms with van der Waals surface area (Å²) in [6.45, 7) is 2.27. The third-order valence-electron chi connectivity index (χ3n) is 3.64. The van der Waals surface area contributed by atoms with Crippen LogP contribution in [0.25, 0.3) is 0 Å². The molecule has 2 aromatic carbocycles. The molecule has 0 saturated carbocycles. The Balaban J connectivity index is 1.80. The topological polar surface area (TPSA) is 55.4 Å². The van der Waals surface area contributed by atoms with Crippen LogP contribution in [0.2, 0.25) is 0 Å². The zero-order chi connectivity index (χ0) is 17.4. The molecule has 0 fully saturated rings. The number of rotatable bonds is 7. The number of amides is 1. The van der Waals surface area contributed by atoms with Gasteiger partial charge in [-0.3, -0.25) is 4.79 Å². The number of carbonyl (C=O) groups is 2. The van der Waals surface area contributed by atoms with E-state index in [1.54, 1.807) is 12.1 Å². The van der Waals surface area contributed by atoms with Gasteiger partial charge in [-0.25, -0.2) is 4.79 Å². The summed E-state index contributed by atoms with van der Waals surface area (Å²) in [6.07, 6.45) is 1.89. The Morgan fingerprint density at radius 3 is 2.46 bits per heavy atom. The molecule has 1 N–H and O–H groups in total. The molecule has 2 rings (SSSR count). The van der Waals surface area contributed by atoms with Crippen molar-refractivity contribution in [1.29, 1.82) is 0 Å². The fourth-order valence-corrected chi connectivity index (χ4v) is 2.83. The second-order valence-corrected chi connectivity index (χ2v) is 6.24. The van der Waals surface area contributed by atoms with Gasteiger partial charge in [0.1, 0.15) is 0 Å². The highest BCUT2D eigenvalue weighted by Crippen LogP contribution is 2.20. The van der Waals surface area contributed by atoms with E-state index in [0.29, 0.717) is 12.1 Å². The van der Waals surface area contributed by atoms with Gasteiger partial charge in [-0.15, -0.1) is 11.8 Å². The van der Waals surface area contributed by atoms with E-state index in [-0.39, 0.29) is 18.4 Å². The molecule has 0 unspecified atom stereocenters. The smallest absolute Gasteiger partial charge is 0.339 e. The van der Waals surface area contributed by atoms with Crippen LogP contribution in [-0.4, -0.2) is 31.3 Å². The molecule has 126 valence electrons. The molecule has 1 atom stereocenters. The molecule has 0 aliphatic carbocycles. The third-order valence-corrected chi connectivity index (χ3v) is 4.43. The van der Waals surface area contributed by atoms with E-state index in [4.69, 9.17) is 4.74 Å². The van der Waals surface area contributed by atoms with Gasteiger partial charge in [0.05, 0.1) is 5.56 Å². The number of hydrogen-bond donors (Lipinski definition) is 1. The van der Waals surface area contributed by atoms with Crippen molar-refractivity contribution in [3.8, 4) is 0 Å². The normalized spacial score (nSPS) is 11.6. The Bertz CT molecular complexity index is 688. The maximum absolute atomic E-state index is 12.1. The van der Waals surface area contributed by atoms with Crippen molar-refractivity contribution < 1.29 is 14.3 Å². The Morgan fingerprint density at radius 1 is 1.08 bits per heavy atom. The summed E-state index contributed by atoms with van der Waals surface area (Å²) >= 11 is 1.47. The molecule has 0 saturated heterocycles. The Labute approximate surface area is 146 Å². The lowest BCUT2D eigenvalue weighted by molar-refractivity contribution is -0.124. The highest BCUT2D eigenvalue weighted by atomic mass is 32.2. The zero-order valence-electron chi connectivity index (χ0n) is 13.8. The molecule has 0 aliphatic heterocycles. The van der Waals surface area contributed by atoms with Crippen LogP contribution in [0.15, 0.2) is 59.5 Å². The molecule has 0 heterocycles. The van der Waals surface area contributed by atoms with E-state index in [1.165, 1.54) is 11.8 Å². The minimum absolute atomic E-state index is 0.197. The number of esters is 1. The van der Waals surface area contributed by atoms with Gasteiger partial charge in [0.25, 0.3) is 5.91 Å². The molecule has 0 bridgehead atoms.